The van der Waals surface area contributed by atoms with E-state index in [9.17, 15) is 10.1 Å². The summed E-state index contributed by atoms with van der Waals surface area (Å²) in [4.78, 5) is 16.2. The van der Waals surface area contributed by atoms with Gasteiger partial charge in [0, 0.05) is 22.2 Å². The van der Waals surface area contributed by atoms with Gasteiger partial charge in [-0.3, -0.25) is 10.1 Å². The first-order valence-corrected chi connectivity index (χ1v) is 7.27. The Morgan fingerprint density at radius 3 is 2.70 bits per heavy atom. The fourth-order valence-electron chi connectivity index (χ4n) is 2.06. The third-order valence-electron chi connectivity index (χ3n) is 3.12. The molecule has 0 saturated carbocycles. The molecule has 1 N–H and O–H groups in total. The second-order valence-electron chi connectivity index (χ2n) is 4.55. The van der Waals surface area contributed by atoms with Crippen molar-refractivity contribution in [3.05, 3.63) is 49.5 Å². The van der Waals surface area contributed by atoms with Crippen LogP contribution in [0.3, 0.4) is 0 Å². The highest BCUT2D eigenvalue weighted by molar-refractivity contribution is 7.11. The van der Waals surface area contributed by atoms with E-state index in [0.29, 0.717) is 13.0 Å². The highest BCUT2D eigenvalue weighted by atomic mass is 32.1. The average Bonchev–Trinajstić information content (AvgIpc) is 2.74. The van der Waals surface area contributed by atoms with Gasteiger partial charge in [-0.05, 0) is 26.3 Å². The molecule has 1 aromatic heterocycles. The Bertz CT molecular complexity index is 637. The van der Waals surface area contributed by atoms with Crippen LogP contribution in [0.25, 0.3) is 0 Å². The lowest BCUT2D eigenvalue weighted by Gasteiger charge is -2.07. The lowest BCUT2D eigenvalue weighted by atomic mass is 10.1. The van der Waals surface area contributed by atoms with E-state index in [4.69, 9.17) is 0 Å². The van der Waals surface area contributed by atoms with Crippen molar-refractivity contribution in [3.63, 3.8) is 0 Å². The molecule has 1 heterocycles. The molecule has 0 atom stereocenters. The molecule has 0 fully saturated rings. The molecule has 6 heteroatoms. The molecule has 1 aromatic carbocycles. The largest absolute Gasteiger partial charge is 0.380 e. The van der Waals surface area contributed by atoms with Crippen LogP contribution in [0.2, 0.25) is 0 Å². The number of thiazole rings is 1. The van der Waals surface area contributed by atoms with Gasteiger partial charge in [0.05, 0.1) is 22.2 Å². The molecule has 5 nitrogen and oxygen atoms in total. The molecule has 0 unspecified atom stereocenters. The highest BCUT2D eigenvalue weighted by Crippen LogP contribution is 2.25. The predicted octanol–water partition coefficient (Wildman–Crippen LogP) is 3.84. The van der Waals surface area contributed by atoms with Gasteiger partial charge in [-0.15, -0.1) is 11.3 Å². The van der Waals surface area contributed by atoms with E-state index < -0.39 is 0 Å². The Labute approximate surface area is 121 Å². The Hall–Kier alpha value is -1.95. The minimum Gasteiger partial charge on any atom is -0.380 e. The quantitative estimate of drug-likeness (QED) is 0.671. The van der Waals surface area contributed by atoms with Crippen molar-refractivity contribution in [1.29, 1.82) is 0 Å². The average molecular weight is 291 g/mol. The van der Waals surface area contributed by atoms with Crippen LogP contribution in [0.15, 0.2) is 18.2 Å². The summed E-state index contributed by atoms with van der Waals surface area (Å²) in [6.45, 7) is 6.50. The first-order valence-electron chi connectivity index (χ1n) is 6.45. The maximum Gasteiger partial charge on any atom is 0.274 e. The number of nitro groups is 1. The number of nitro benzene ring substituents is 1. The van der Waals surface area contributed by atoms with Gasteiger partial charge in [0.1, 0.15) is 0 Å². The minimum absolute atomic E-state index is 0.176. The van der Waals surface area contributed by atoms with E-state index >= 15 is 0 Å². The molecule has 2 aromatic rings. The predicted molar refractivity (Wildman–Crippen MR) is 81.4 cm³/mol. The molecule has 0 aliphatic carbocycles. The first-order chi connectivity index (χ1) is 9.51. The zero-order valence-electron chi connectivity index (χ0n) is 11.8. The van der Waals surface area contributed by atoms with Crippen LogP contribution in [0, 0.1) is 24.0 Å². The number of nitrogens with zero attached hydrogens (tertiary/aromatic N) is 2. The van der Waals surface area contributed by atoms with Crippen LogP contribution < -0.4 is 5.32 Å². The van der Waals surface area contributed by atoms with E-state index in [1.165, 1.54) is 0 Å². The van der Waals surface area contributed by atoms with Crippen LogP contribution in [-0.4, -0.2) is 9.91 Å². The van der Waals surface area contributed by atoms with Crippen LogP contribution in [-0.2, 0) is 13.0 Å². The van der Waals surface area contributed by atoms with Crippen molar-refractivity contribution >= 4 is 22.7 Å². The molecular formula is C14H17N3O2S. The lowest BCUT2D eigenvalue weighted by molar-refractivity contribution is -0.385. The van der Waals surface area contributed by atoms with Gasteiger partial charge in [-0.1, -0.05) is 13.0 Å². The molecule has 106 valence electrons. The van der Waals surface area contributed by atoms with Gasteiger partial charge < -0.3 is 5.32 Å². The standard InChI is InChI=1S/C14H17N3O2S/c1-4-11-5-6-12(7-13(11)17(18)19)15-8-14-9(2)16-10(3)20-14/h5-7,15H,4,8H2,1-3H3. The van der Waals surface area contributed by atoms with Crippen LogP contribution in [0.5, 0.6) is 0 Å². The van der Waals surface area contributed by atoms with Gasteiger partial charge in [0.25, 0.3) is 5.69 Å². The number of hydrogen-bond acceptors (Lipinski definition) is 5. The fraction of sp³-hybridized carbons (Fsp3) is 0.357. The third kappa shape index (κ3) is 3.14. The number of hydrogen-bond donors (Lipinski definition) is 1. The van der Waals surface area contributed by atoms with Gasteiger partial charge in [0.2, 0.25) is 0 Å². The van der Waals surface area contributed by atoms with E-state index in [2.05, 4.69) is 10.3 Å². The molecule has 0 aliphatic heterocycles. The third-order valence-corrected chi connectivity index (χ3v) is 4.19. The van der Waals surface area contributed by atoms with Gasteiger partial charge >= 0.3 is 0 Å². The molecular weight excluding hydrogens is 274 g/mol. The molecule has 0 aliphatic rings. The Balaban J connectivity index is 2.16. The van der Waals surface area contributed by atoms with E-state index in [-0.39, 0.29) is 10.6 Å². The summed E-state index contributed by atoms with van der Waals surface area (Å²) < 4.78 is 0. The number of aromatic nitrogens is 1. The topological polar surface area (TPSA) is 68.1 Å². The zero-order chi connectivity index (χ0) is 14.7. The zero-order valence-corrected chi connectivity index (χ0v) is 12.6. The number of benzene rings is 1. The number of aryl methyl sites for hydroxylation is 3. The maximum atomic E-state index is 11.0. The van der Waals surface area contributed by atoms with Crippen molar-refractivity contribution in [1.82, 2.24) is 4.98 Å². The van der Waals surface area contributed by atoms with Crippen molar-refractivity contribution in [2.24, 2.45) is 0 Å². The first kappa shape index (κ1) is 14.5. The Kier molecular flexibility index (Phi) is 4.34. The number of anilines is 1. The molecule has 20 heavy (non-hydrogen) atoms. The summed E-state index contributed by atoms with van der Waals surface area (Å²) in [6, 6.07) is 5.29. The number of rotatable bonds is 5. The van der Waals surface area contributed by atoms with Gasteiger partial charge in [-0.25, -0.2) is 4.98 Å². The summed E-state index contributed by atoms with van der Waals surface area (Å²) in [5, 5.41) is 15.3. The van der Waals surface area contributed by atoms with Crippen LogP contribution in [0.4, 0.5) is 11.4 Å². The van der Waals surface area contributed by atoms with Gasteiger partial charge in [0.15, 0.2) is 0 Å². The van der Waals surface area contributed by atoms with E-state index in [1.807, 2.05) is 32.9 Å². The van der Waals surface area contributed by atoms with Crippen molar-refractivity contribution in [3.8, 4) is 0 Å². The second kappa shape index (κ2) is 6.00. The lowest BCUT2D eigenvalue weighted by Crippen LogP contribution is -2.01. The molecule has 2 rings (SSSR count). The van der Waals surface area contributed by atoms with E-state index in [0.717, 1.165) is 26.8 Å². The van der Waals surface area contributed by atoms with Crippen LogP contribution >= 0.6 is 11.3 Å². The smallest absolute Gasteiger partial charge is 0.274 e. The molecule has 0 amide bonds. The molecule has 0 radical (unpaired) electrons. The summed E-state index contributed by atoms with van der Waals surface area (Å²) in [7, 11) is 0. The van der Waals surface area contributed by atoms with Gasteiger partial charge in [-0.2, -0.15) is 0 Å². The van der Waals surface area contributed by atoms with Crippen LogP contribution in [0.1, 0.15) is 28.1 Å². The molecule has 0 spiro atoms. The highest BCUT2D eigenvalue weighted by Gasteiger charge is 2.13. The summed E-state index contributed by atoms with van der Waals surface area (Å²) in [5.74, 6) is 0. The number of nitrogens with one attached hydrogen (secondary N) is 1. The van der Waals surface area contributed by atoms with Crippen molar-refractivity contribution < 1.29 is 4.92 Å². The summed E-state index contributed by atoms with van der Waals surface area (Å²) in [5.41, 5.74) is 2.71. The van der Waals surface area contributed by atoms with Crippen molar-refractivity contribution in [2.75, 3.05) is 5.32 Å². The summed E-state index contributed by atoms with van der Waals surface area (Å²) in [6.07, 6.45) is 0.656. The second-order valence-corrected chi connectivity index (χ2v) is 5.84. The monoisotopic (exact) mass is 291 g/mol. The Morgan fingerprint density at radius 2 is 2.15 bits per heavy atom. The molecule has 0 saturated heterocycles. The normalized spacial score (nSPS) is 10.6. The SMILES string of the molecule is CCc1ccc(NCc2sc(C)nc2C)cc1[N+](=O)[O-]. The maximum absolute atomic E-state index is 11.0. The molecule has 0 bridgehead atoms. The Morgan fingerprint density at radius 1 is 1.40 bits per heavy atom. The van der Waals surface area contributed by atoms with Crippen molar-refractivity contribution in [2.45, 2.75) is 33.7 Å². The fourth-order valence-corrected chi connectivity index (χ4v) is 2.94. The summed E-state index contributed by atoms with van der Waals surface area (Å²) >= 11 is 1.64. The van der Waals surface area contributed by atoms with E-state index in [1.54, 1.807) is 17.4 Å². The minimum atomic E-state index is -0.327.